The number of hydrogen-bond acceptors (Lipinski definition) is 4. The Bertz CT molecular complexity index is 843. The number of piperidine rings is 1. The Labute approximate surface area is 183 Å². The van der Waals surface area contributed by atoms with Gasteiger partial charge in [-0.25, -0.2) is 4.39 Å². The topological polar surface area (TPSA) is 45.7 Å². The highest BCUT2D eigenvalue weighted by molar-refractivity contribution is 5.94. The molecule has 1 unspecified atom stereocenters. The van der Waals surface area contributed by atoms with Gasteiger partial charge < -0.3 is 14.5 Å². The number of benzene rings is 1. The van der Waals surface area contributed by atoms with Gasteiger partial charge in [-0.1, -0.05) is 18.2 Å². The van der Waals surface area contributed by atoms with Crippen LogP contribution in [0.2, 0.25) is 0 Å². The molecule has 0 radical (unpaired) electrons. The molecule has 0 aliphatic carbocycles. The molecule has 162 valence electrons. The molecule has 3 heterocycles. The summed E-state index contributed by atoms with van der Waals surface area (Å²) in [6.45, 7) is 5.92. The molecule has 4 rings (SSSR count). The molecular formula is C23H29ClFN3O2. The Balaban J connectivity index is 0.00000256. The zero-order valence-corrected chi connectivity index (χ0v) is 18.1. The number of ether oxygens (including phenoxy) is 1. The van der Waals surface area contributed by atoms with E-state index >= 15 is 0 Å². The highest BCUT2D eigenvalue weighted by atomic mass is 35.5. The smallest absolute Gasteiger partial charge is 0.254 e. The Morgan fingerprint density at radius 3 is 2.67 bits per heavy atom. The van der Waals surface area contributed by atoms with Crippen molar-refractivity contribution in [2.45, 2.75) is 37.9 Å². The van der Waals surface area contributed by atoms with E-state index in [1.54, 1.807) is 12.3 Å². The van der Waals surface area contributed by atoms with Gasteiger partial charge in [0, 0.05) is 37.9 Å². The van der Waals surface area contributed by atoms with Gasteiger partial charge >= 0.3 is 0 Å². The first-order chi connectivity index (χ1) is 14.0. The van der Waals surface area contributed by atoms with Crippen molar-refractivity contribution < 1.29 is 13.9 Å². The zero-order valence-electron chi connectivity index (χ0n) is 17.3. The number of pyridine rings is 1. The molecule has 1 aromatic carbocycles. The summed E-state index contributed by atoms with van der Waals surface area (Å²) in [6.07, 6.45) is 5.38. The number of hydrogen-bond donors (Lipinski definition) is 0. The number of rotatable bonds is 4. The van der Waals surface area contributed by atoms with Crippen molar-refractivity contribution in [3.8, 4) is 0 Å². The molecule has 1 spiro atoms. The van der Waals surface area contributed by atoms with Crippen molar-refractivity contribution in [1.29, 1.82) is 0 Å². The zero-order chi connectivity index (χ0) is 20.3. The number of amides is 1. The average molecular weight is 434 g/mol. The van der Waals surface area contributed by atoms with Crippen LogP contribution in [0, 0.1) is 5.82 Å². The van der Waals surface area contributed by atoms with Gasteiger partial charge in [0.05, 0.1) is 24.4 Å². The number of carbonyl (C=O) groups is 1. The SMILES string of the molecule is CC1CN(C(=O)c2ccccc2)CC2(CCN(CCc3ccncc3F)CC2)O1.Cl. The minimum absolute atomic E-state index is 0. The van der Waals surface area contributed by atoms with E-state index < -0.39 is 0 Å². The number of nitrogens with zero attached hydrogens (tertiary/aromatic N) is 3. The molecule has 5 nitrogen and oxygen atoms in total. The number of morpholine rings is 1. The molecule has 2 saturated heterocycles. The molecule has 2 aliphatic rings. The molecule has 0 N–H and O–H groups in total. The predicted molar refractivity (Wildman–Crippen MR) is 116 cm³/mol. The van der Waals surface area contributed by atoms with Crippen LogP contribution in [0.1, 0.15) is 35.7 Å². The largest absolute Gasteiger partial charge is 0.368 e. The Kier molecular flexibility index (Phi) is 7.45. The maximum Gasteiger partial charge on any atom is 0.254 e. The van der Waals surface area contributed by atoms with Gasteiger partial charge in [-0.05, 0) is 49.9 Å². The third-order valence-corrected chi connectivity index (χ3v) is 6.04. The monoisotopic (exact) mass is 433 g/mol. The lowest BCUT2D eigenvalue weighted by molar-refractivity contribution is -0.161. The first-order valence-electron chi connectivity index (χ1n) is 10.4. The molecule has 1 aromatic heterocycles. The van der Waals surface area contributed by atoms with E-state index in [0.29, 0.717) is 25.1 Å². The molecule has 1 amide bonds. The summed E-state index contributed by atoms with van der Waals surface area (Å²) in [4.78, 5) is 21.1. The fraction of sp³-hybridized carbons (Fsp3) is 0.478. The lowest BCUT2D eigenvalue weighted by Crippen LogP contribution is -2.60. The molecule has 0 bridgehead atoms. The highest BCUT2D eigenvalue weighted by Crippen LogP contribution is 2.33. The van der Waals surface area contributed by atoms with Gasteiger partial charge in [-0.2, -0.15) is 0 Å². The fourth-order valence-corrected chi connectivity index (χ4v) is 4.49. The van der Waals surface area contributed by atoms with E-state index in [0.717, 1.165) is 38.0 Å². The number of halogens is 2. The Hall–Kier alpha value is -2.02. The fourth-order valence-electron chi connectivity index (χ4n) is 4.49. The molecular weight excluding hydrogens is 405 g/mol. The summed E-state index contributed by atoms with van der Waals surface area (Å²) in [6, 6.07) is 11.2. The van der Waals surface area contributed by atoms with Crippen molar-refractivity contribution in [3.05, 3.63) is 65.7 Å². The van der Waals surface area contributed by atoms with Crippen LogP contribution in [-0.2, 0) is 11.2 Å². The third-order valence-electron chi connectivity index (χ3n) is 6.04. The lowest BCUT2D eigenvalue weighted by Gasteiger charge is -2.49. The summed E-state index contributed by atoms with van der Waals surface area (Å²) in [7, 11) is 0. The summed E-state index contributed by atoms with van der Waals surface area (Å²) < 4.78 is 20.2. The summed E-state index contributed by atoms with van der Waals surface area (Å²) in [5.41, 5.74) is 1.16. The van der Waals surface area contributed by atoms with E-state index in [1.165, 1.54) is 6.20 Å². The van der Waals surface area contributed by atoms with E-state index in [4.69, 9.17) is 4.74 Å². The van der Waals surface area contributed by atoms with Crippen molar-refractivity contribution in [1.82, 2.24) is 14.8 Å². The summed E-state index contributed by atoms with van der Waals surface area (Å²) in [5.74, 6) is -0.156. The van der Waals surface area contributed by atoms with Crippen LogP contribution in [0.4, 0.5) is 4.39 Å². The maximum atomic E-state index is 13.8. The first-order valence-corrected chi connectivity index (χ1v) is 10.4. The van der Waals surface area contributed by atoms with Gasteiger partial charge in [-0.15, -0.1) is 12.4 Å². The van der Waals surface area contributed by atoms with Crippen molar-refractivity contribution >= 4 is 18.3 Å². The minimum Gasteiger partial charge on any atom is -0.368 e. The maximum absolute atomic E-state index is 13.8. The average Bonchev–Trinajstić information content (AvgIpc) is 2.74. The Morgan fingerprint density at radius 1 is 1.23 bits per heavy atom. The summed E-state index contributed by atoms with van der Waals surface area (Å²) in [5, 5.41) is 0. The van der Waals surface area contributed by atoms with E-state index in [9.17, 15) is 9.18 Å². The van der Waals surface area contributed by atoms with E-state index in [2.05, 4.69) is 9.88 Å². The van der Waals surface area contributed by atoms with Crippen LogP contribution in [0.3, 0.4) is 0 Å². The van der Waals surface area contributed by atoms with Crippen LogP contribution in [0.25, 0.3) is 0 Å². The molecule has 7 heteroatoms. The number of aromatic nitrogens is 1. The van der Waals surface area contributed by atoms with Gasteiger partial charge in [0.2, 0.25) is 0 Å². The van der Waals surface area contributed by atoms with Crippen LogP contribution in [0.5, 0.6) is 0 Å². The van der Waals surface area contributed by atoms with Gasteiger partial charge in [0.15, 0.2) is 0 Å². The molecule has 2 fully saturated rings. The van der Waals surface area contributed by atoms with Gasteiger partial charge in [-0.3, -0.25) is 9.78 Å². The number of carbonyl (C=O) groups excluding carboxylic acids is 1. The Morgan fingerprint density at radius 2 is 1.97 bits per heavy atom. The molecule has 0 saturated carbocycles. The molecule has 30 heavy (non-hydrogen) atoms. The second-order valence-corrected chi connectivity index (χ2v) is 8.22. The van der Waals surface area contributed by atoms with Crippen molar-refractivity contribution in [3.63, 3.8) is 0 Å². The lowest BCUT2D eigenvalue weighted by atomic mass is 9.88. The minimum atomic E-state index is -0.277. The predicted octanol–water partition coefficient (Wildman–Crippen LogP) is 3.58. The van der Waals surface area contributed by atoms with Gasteiger partial charge in [0.25, 0.3) is 5.91 Å². The number of likely N-dealkylation sites (tertiary alicyclic amines) is 1. The van der Waals surface area contributed by atoms with E-state index in [-0.39, 0.29) is 35.8 Å². The van der Waals surface area contributed by atoms with Crippen LogP contribution in [0.15, 0.2) is 48.8 Å². The first kappa shape index (κ1) is 22.7. The van der Waals surface area contributed by atoms with Crippen LogP contribution >= 0.6 is 12.4 Å². The van der Waals surface area contributed by atoms with Gasteiger partial charge in [0.1, 0.15) is 5.82 Å². The summed E-state index contributed by atoms with van der Waals surface area (Å²) >= 11 is 0. The molecule has 1 atom stereocenters. The van der Waals surface area contributed by atoms with Crippen LogP contribution < -0.4 is 0 Å². The highest BCUT2D eigenvalue weighted by Gasteiger charge is 2.43. The standard InChI is InChI=1S/C23H28FN3O2.ClH/c1-18-16-27(22(28)20-5-3-2-4-6-20)17-23(29-18)9-13-26(14-10-23)12-8-19-7-11-25-15-21(19)24;/h2-7,11,15,18H,8-10,12-14,16-17H2,1H3;1H. The third kappa shape index (κ3) is 5.17. The second-order valence-electron chi connectivity index (χ2n) is 8.22. The second kappa shape index (κ2) is 9.86. The van der Waals surface area contributed by atoms with E-state index in [1.807, 2.05) is 42.2 Å². The molecule has 2 aromatic rings. The van der Waals surface area contributed by atoms with Crippen molar-refractivity contribution in [2.75, 3.05) is 32.7 Å². The normalized spacial score (nSPS) is 21.3. The quantitative estimate of drug-likeness (QED) is 0.739. The molecule has 2 aliphatic heterocycles. The van der Waals surface area contributed by atoms with Crippen LogP contribution in [-0.4, -0.2) is 65.1 Å². The van der Waals surface area contributed by atoms with Crippen molar-refractivity contribution in [2.24, 2.45) is 0 Å².